The number of para-hydroxylation sites is 1. The first-order valence-corrected chi connectivity index (χ1v) is 13.7. The molecule has 0 radical (unpaired) electrons. The molecule has 2 aromatic rings. The van der Waals surface area contributed by atoms with Gasteiger partial charge in [-0.2, -0.15) is 5.10 Å². The van der Waals surface area contributed by atoms with Crippen molar-refractivity contribution in [3.8, 4) is 0 Å². The van der Waals surface area contributed by atoms with Crippen molar-refractivity contribution in [2.45, 2.75) is 38.5 Å². The zero-order valence-corrected chi connectivity index (χ0v) is 23.9. The third kappa shape index (κ3) is 5.60. The van der Waals surface area contributed by atoms with Gasteiger partial charge in [0, 0.05) is 45.3 Å². The van der Waals surface area contributed by atoms with Gasteiger partial charge in [-0.3, -0.25) is 14.6 Å². The van der Waals surface area contributed by atoms with Crippen molar-refractivity contribution in [1.29, 1.82) is 0 Å². The standard InChI is InChI=1S/C29H29ClF3N5O4/c1-15-5-4-6-18(31)28(15)36(2)25-13-21(17-9-19(32)27(30)20(33)10-17)34-24-12-22(35-38(24)25)29(41)37-8-7-16(11-26(39)40)23(14-37)42-3/h4-6,9-10,13,16,23-24H,7-8,11-12,14H2,1-3H3,(H,39,40)/t16-,23-,24?/m0/s1. The second kappa shape index (κ2) is 11.8. The Labute approximate surface area is 245 Å². The van der Waals surface area contributed by atoms with Crippen LogP contribution < -0.4 is 4.90 Å². The summed E-state index contributed by atoms with van der Waals surface area (Å²) in [6.45, 7) is 2.28. The van der Waals surface area contributed by atoms with Crippen LogP contribution in [0.25, 0.3) is 0 Å². The zero-order valence-electron chi connectivity index (χ0n) is 23.2. The summed E-state index contributed by atoms with van der Waals surface area (Å²) < 4.78 is 49.3. The molecule has 3 aliphatic heterocycles. The molecule has 1 fully saturated rings. The number of aliphatic imine (C=N–C) groups is 1. The number of anilines is 1. The number of fused-ring (bicyclic) bond motifs is 1. The number of rotatable bonds is 7. The van der Waals surface area contributed by atoms with Gasteiger partial charge in [-0.25, -0.2) is 18.2 Å². The molecule has 3 aliphatic rings. The van der Waals surface area contributed by atoms with Crippen LogP contribution in [0.15, 0.2) is 52.3 Å². The summed E-state index contributed by atoms with van der Waals surface area (Å²) >= 11 is 5.69. The van der Waals surface area contributed by atoms with Crippen LogP contribution in [-0.2, 0) is 14.3 Å². The molecule has 1 amide bonds. The molecule has 1 unspecified atom stereocenters. The molecule has 2 aromatic carbocycles. The third-order valence-corrected chi connectivity index (χ3v) is 8.15. The minimum atomic E-state index is -0.956. The summed E-state index contributed by atoms with van der Waals surface area (Å²) in [6, 6.07) is 6.79. The van der Waals surface area contributed by atoms with Gasteiger partial charge in [0.25, 0.3) is 5.91 Å². The highest BCUT2D eigenvalue weighted by Gasteiger charge is 2.40. The summed E-state index contributed by atoms with van der Waals surface area (Å²) in [5, 5.41) is 14.7. The number of piperidine rings is 1. The highest BCUT2D eigenvalue weighted by Crippen LogP contribution is 2.35. The van der Waals surface area contributed by atoms with Crippen molar-refractivity contribution in [2.75, 3.05) is 32.1 Å². The number of carboxylic acid groups (broad SMARTS) is 1. The minimum absolute atomic E-state index is 0.0589. The van der Waals surface area contributed by atoms with E-state index >= 15 is 4.39 Å². The van der Waals surface area contributed by atoms with E-state index < -0.39 is 40.7 Å². The first kappa shape index (κ1) is 29.6. The topological polar surface area (TPSA) is 98.0 Å². The van der Waals surface area contributed by atoms with Crippen LogP contribution >= 0.6 is 11.6 Å². The van der Waals surface area contributed by atoms with E-state index in [9.17, 15) is 23.5 Å². The molecule has 0 saturated carbocycles. The van der Waals surface area contributed by atoms with Crippen molar-refractivity contribution in [3.05, 3.63) is 75.8 Å². The predicted molar refractivity (Wildman–Crippen MR) is 151 cm³/mol. The average Bonchev–Trinajstić information content (AvgIpc) is 3.39. The number of likely N-dealkylation sites (tertiary alicyclic amines) is 1. The number of carboxylic acids is 1. The number of hydrogen-bond donors (Lipinski definition) is 1. The van der Waals surface area contributed by atoms with Gasteiger partial charge in [0.05, 0.1) is 23.9 Å². The maximum atomic E-state index is 15.0. The lowest BCUT2D eigenvalue weighted by molar-refractivity contribution is -0.141. The average molecular weight is 604 g/mol. The third-order valence-electron chi connectivity index (χ3n) is 7.79. The Balaban J connectivity index is 1.49. The molecule has 3 heterocycles. The number of aryl methyl sites for hydroxylation is 1. The van der Waals surface area contributed by atoms with Gasteiger partial charge in [-0.05, 0) is 43.0 Å². The number of carbonyl (C=O) groups excluding carboxylic acids is 1. The summed E-state index contributed by atoms with van der Waals surface area (Å²) in [5.74, 6) is -3.58. The molecular weight excluding hydrogens is 575 g/mol. The molecule has 3 atom stereocenters. The maximum absolute atomic E-state index is 15.0. The van der Waals surface area contributed by atoms with Crippen LogP contribution in [0.4, 0.5) is 18.9 Å². The highest BCUT2D eigenvalue weighted by molar-refractivity contribution is 6.39. The number of benzene rings is 2. The van der Waals surface area contributed by atoms with Gasteiger partial charge in [0.15, 0.2) is 0 Å². The monoisotopic (exact) mass is 603 g/mol. The van der Waals surface area contributed by atoms with E-state index in [0.717, 1.165) is 12.1 Å². The molecule has 0 aliphatic carbocycles. The lowest BCUT2D eigenvalue weighted by Gasteiger charge is -2.37. The molecular formula is C29H29ClF3N5O4. The Hall–Kier alpha value is -3.90. The number of ether oxygens (including phenoxy) is 1. The van der Waals surface area contributed by atoms with E-state index in [0.29, 0.717) is 24.4 Å². The van der Waals surface area contributed by atoms with E-state index in [2.05, 4.69) is 10.1 Å². The second-order valence-electron chi connectivity index (χ2n) is 10.5. The molecule has 0 aromatic heterocycles. The van der Waals surface area contributed by atoms with Crippen LogP contribution in [-0.4, -0.2) is 77.8 Å². The van der Waals surface area contributed by atoms with Crippen molar-refractivity contribution >= 4 is 40.6 Å². The quantitative estimate of drug-likeness (QED) is 0.466. The summed E-state index contributed by atoms with van der Waals surface area (Å²) in [4.78, 5) is 32.6. The first-order valence-electron chi connectivity index (χ1n) is 13.3. The van der Waals surface area contributed by atoms with Crippen LogP contribution in [0, 0.1) is 30.3 Å². The number of carbonyl (C=O) groups is 2. The summed E-state index contributed by atoms with van der Waals surface area (Å²) in [5.41, 5.74) is 1.41. The first-order chi connectivity index (χ1) is 20.0. The van der Waals surface area contributed by atoms with Gasteiger partial charge in [-0.1, -0.05) is 23.7 Å². The van der Waals surface area contributed by atoms with E-state index in [1.165, 1.54) is 24.3 Å². The van der Waals surface area contributed by atoms with E-state index in [-0.39, 0.29) is 53.9 Å². The van der Waals surface area contributed by atoms with Gasteiger partial charge >= 0.3 is 5.97 Å². The zero-order chi connectivity index (χ0) is 30.3. The number of allylic oxidation sites excluding steroid dienone is 1. The number of nitrogens with zero attached hydrogens (tertiary/aromatic N) is 5. The van der Waals surface area contributed by atoms with Crippen molar-refractivity contribution in [2.24, 2.45) is 16.0 Å². The molecule has 9 nitrogen and oxygen atoms in total. The fourth-order valence-electron chi connectivity index (χ4n) is 5.65. The minimum Gasteiger partial charge on any atom is -0.481 e. The van der Waals surface area contributed by atoms with E-state index in [1.807, 2.05) is 0 Å². The fraction of sp³-hybridized carbons (Fsp3) is 0.379. The lowest BCUT2D eigenvalue weighted by Crippen LogP contribution is -2.49. The SMILES string of the molecule is CO[C@H]1CN(C(=O)C2=NN3C(N(C)c4c(C)cccc4F)=CC(c4cc(F)c(Cl)c(F)c4)=NC3C2)CC[C@H]1CC(=O)O. The van der Waals surface area contributed by atoms with Gasteiger partial charge in [0.2, 0.25) is 0 Å². The number of amides is 1. The molecule has 13 heteroatoms. The molecule has 42 heavy (non-hydrogen) atoms. The smallest absolute Gasteiger partial charge is 0.303 e. The summed E-state index contributed by atoms with van der Waals surface area (Å²) in [7, 11) is 3.11. The fourth-order valence-corrected chi connectivity index (χ4v) is 5.76. The number of hydrazone groups is 1. The summed E-state index contributed by atoms with van der Waals surface area (Å²) in [6.07, 6.45) is 0.796. The number of methoxy groups -OCH3 is 1. The van der Waals surface area contributed by atoms with Crippen LogP contribution in [0.2, 0.25) is 5.02 Å². The number of hydrogen-bond acceptors (Lipinski definition) is 7. The molecule has 5 rings (SSSR count). The number of halogens is 4. The Morgan fingerprint density at radius 1 is 1.19 bits per heavy atom. The molecule has 0 bridgehead atoms. The molecule has 222 valence electrons. The van der Waals surface area contributed by atoms with Gasteiger partial charge < -0.3 is 19.6 Å². The van der Waals surface area contributed by atoms with Crippen LogP contribution in [0.3, 0.4) is 0 Å². The van der Waals surface area contributed by atoms with Crippen molar-refractivity contribution in [1.82, 2.24) is 9.91 Å². The molecule has 1 N–H and O–H groups in total. The van der Waals surface area contributed by atoms with Gasteiger partial charge in [0.1, 0.15) is 40.2 Å². The Morgan fingerprint density at radius 2 is 1.90 bits per heavy atom. The van der Waals surface area contributed by atoms with Crippen molar-refractivity contribution in [3.63, 3.8) is 0 Å². The van der Waals surface area contributed by atoms with E-state index in [4.69, 9.17) is 16.3 Å². The normalized spacial score (nSPS) is 21.9. The number of aliphatic carboxylic acids is 1. The Kier molecular flexibility index (Phi) is 8.29. The van der Waals surface area contributed by atoms with Gasteiger partial charge in [-0.15, -0.1) is 0 Å². The predicted octanol–water partition coefficient (Wildman–Crippen LogP) is 4.57. The second-order valence-corrected chi connectivity index (χ2v) is 10.9. The largest absolute Gasteiger partial charge is 0.481 e. The molecule has 1 saturated heterocycles. The maximum Gasteiger partial charge on any atom is 0.303 e. The molecule has 0 spiro atoms. The Bertz CT molecular complexity index is 1490. The van der Waals surface area contributed by atoms with Crippen LogP contribution in [0.1, 0.15) is 30.4 Å². The lowest BCUT2D eigenvalue weighted by atomic mass is 9.90. The van der Waals surface area contributed by atoms with Crippen LogP contribution in [0.5, 0.6) is 0 Å². The Morgan fingerprint density at radius 3 is 2.55 bits per heavy atom. The van der Waals surface area contributed by atoms with Crippen molar-refractivity contribution < 1.29 is 32.6 Å². The highest BCUT2D eigenvalue weighted by atomic mass is 35.5. The van der Waals surface area contributed by atoms with E-state index in [1.54, 1.807) is 35.9 Å².